The molecule has 1 aliphatic heterocycles. The predicted octanol–water partition coefficient (Wildman–Crippen LogP) is 5.37. The Balaban J connectivity index is 1.41. The second kappa shape index (κ2) is 11.3. The largest absolute Gasteiger partial charge is 0.416 e. The third-order valence-electron chi connectivity index (χ3n) is 6.43. The van der Waals surface area contributed by atoms with Gasteiger partial charge in [-0.1, -0.05) is 25.5 Å². The molecule has 36 heavy (non-hydrogen) atoms. The molecule has 0 saturated carbocycles. The Morgan fingerprint density at radius 1 is 1.03 bits per heavy atom. The Morgan fingerprint density at radius 2 is 1.72 bits per heavy atom. The van der Waals surface area contributed by atoms with E-state index in [0.717, 1.165) is 57.0 Å². The first kappa shape index (κ1) is 25.9. The molecular formula is C27H32F3N5O. The summed E-state index contributed by atoms with van der Waals surface area (Å²) in [6, 6.07) is 10.7. The van der Waals surface area contributed by atoms with Crippen LogP contribution in [0.4, 0.5) is 18.9 Å². The number of hydrogen-bond donors (Lipinski definition) is 1. The molecule has 1 saturated heterocycles. The van der Waals surface area contributed by atoms with Gasteiger partial charge in [0.1, 0.15) is 0 Å². The van der Waals surface area contributed by atoms with Gasteiger partial charge in [0.05, 0.1) is 17.6 Å². The van der Waals surface area contributed by atoms with E-state index in [9.17, 15) is 18.0 Å². The van der Waals surface area contributed by atoms with Gasteiger partial charge in [-0.2, -0.15) is 13.2 Å². The Labute approximate surface area is 209 Å². The highest BCUT2D eigenvalue weighted by atomic mass is 19.4. The lowest BCUT2D eigenvalue weighted by Crippen LogP contribution is -2.46. The van der Waals surface area contributed by atoms with Crippen LogP contribution < -0.4 is 5.32 Å². The molecule has 0 bridgehead atoms. The number of unbranched alkanes of at least 4 members (excludes halogenated alkanes) is 1. The van der Waals surface area contributed by atoms with E-state index in [0.29, 0.717) is 11.3 Å². The second-order valence-electron chi connectivity index (χ2n) is 9.31. The van der Waals surface area contributed by atoms with Crippen LogP contribution in [-0.4, -0.2) is 58.0 Å². The Kier molecular flexibility index (Phi) is 8.11. The molecule has 0 radical (unpaired) electrons. The zero-order valence-corrected chi connectivity index (χ0v) is 20.7. The maximum Gasteiger partial charge on any atom is 0.416 e. The maximum atomic E-state index is 13.5. The maximum absolute atomic E-state index is 13.5. The van der Waals surface area contributed by atoms with Crippen LogP contribution in [0, 0.1) is 6.92 Å². The number of benzene rings is 2. The summed E-state index contributed by atoms with van der Waals surface area (Å²) < 4.78 is 42.0. The fraction of sp³-hybridized carbons (Fsp3) is 0.407. The molecule has 6 nitrogen and oxygen atoms in total. The minimum Gasteiger partial charge on any atom is -0.322 e. The van der Waals surface area contributed by atoms with Gasteiger partial charge >= 0.3 is 6.18 Å². The van der Waals surface area contributed by atoms with Gasteiger partial charge in [-0.05, 0) is 55.8 Å². The van der Waals surface area contributed by atoms with E-state index >= 15 is 0 Å². The molecule has 1 N–H and O–H groups in total. The van der Waals surface area contributed by atoms with E-state index < -0.39 is 17.6 Å². The molecule has 1 aromatic heterocycles. The zero-order valence-electron chi connectivity index (χ0n) is 20.7. The third-order valence-corrected chi connectivity index (χ3v) is 6.43. The van der Waals surface area contributed by atoms with Crippen molar-refractivity contribution in [1.82, 2.24) is 19.4 Å². The van der Waals surface area contributed by atoms with Crippen molar-refractivity contribution in [1.29, 1.82) is 0 Å². The summed E-state index contributed by atoms with van der Waals surface area (Å²) in [7, 11) is 0. The number of halogens is 3. The summed E-state index contributed by atoms with van der Waals surface area (Å²) in [4.78, 5) is 21.8. The lowest BCUT2D eigenvalue weighted by Gasteiger charge is -2.34. The van der Waals surface area contributed by atoms with Crippen molar-refractivity contribution in [2.75, 3.05) is 38.0 Å². The number of anilines is 1. The highest BCUT2D eigenvalue weighted by molar-refractivity contribution is 6.04. The summed E-state index contributed by atoms with van der Waals surface area (Å²) >= 11 is 0. The SMILES string of the molecule is CCCCN1CCN(Cc2ccc(C(=O)Nc3cc(-n4cnc(C)c4)cc(C(F)(F)F)c3)cc2)CC1. The molecule has 3 aromatic rings. The molecule has 0 atom stereocenters. The summed E-state index contributed by atoms with van der Waals surface area (Å²) in [5, 5.41) is 2.62. The number of hydrogen-bond acceptors (Lipinski definition) is 4. The fourth-order valence-electron chi connectivity index (χ4n) is 4.33. The van der Waals surface area contributed by atoms with Crippen LogP contribution in [0.5, 0.6) is 0 Å². The number of carbonyl (C=O) groups excluding carboxylic acids is 1. The monoisotopic (exact) mass is 499 g/mol. The van der Waals surface area contributed by atoms with Crippen LogP contribution in [0.25, 0.3) is 5.69 Å². The van der Waals surface area contributed by atoms with Crippen LogP contribution in [0.1, 0.15) is 46.9 Å². The molecule has 1 fully saturated rings. The minimum atomic E-state index is -4.55. The van der Waals surface area contributed by atoms with Crippen LogP contribution in [0.2, 0.25) is 0 Å². The summed E-state index contributed by atoms with van der Waals surface area (Å²) in [6.45, 7) is 10.1. The van der Waals surface area contributed by atoms with E-state index in [-0.39, 0.29) is 11.4 Å². The molecular weight excluding hydrogens is 467 g/mol. The summed E-state index contributed by atoms with van der Waals surface area (Å²) in [6.07, 6.45) is 0.966. The number of amides is 1. The van der Waals surface area contributed by atoms with E-state index in [1.165, 1.54) is 29.8 Å². The summed E-state index contributed by atoms with van der Waals surface area (Å²) in [5.41, 5.74) is 1.67. The van der Waals surface area contributed by atoms with E-state index in [4.69, 9.17) is 0 Å². The first-order valence-electron chi connectivity index (χ1n) is 12.3. The van der Waals surface area contributed by atoms with Crippen LogP contribution in [0.3, 0.4) is 0 Å². The lowest BCUT2D eigenvalue weighted by molar-refractivity contribution is -0.137. The number of nitrogens with zero attached hydrogens (tertiary/aromatic N) is 4. The molecule has 1 aliphatic rings. The number of aryl methyl sites for hydroxylation is 1. The highest BCUT2D eigenvalue weighted by Gasteiger charge is 2.31. The molecule has 9 heteroatoms. The first-order valence-corrected chi connectivity index (χ1v) is 12.3. The van der Waals surface area contributed by atoms with Crippen molar-refractivity contribution in [2.45, 2.75) is 39.4 Å². The third kappa shape index (κ3) is 6.73. The molecule has 0 spiro atoms. The normalized spacial score (nSPS) is 15.2. The lowest BCUT2D eigenvalue weighted by atomic mass is 10.1. The predicted molar refractivity (Wildman–Crippen MR) is 134 cm³/mol. The van der Waals surface area contributed by atoms with Gasteiger partial charge in [-0.15, -0.1) is 0 Å². The van der Waals surface area contributed by atoms with Gasteiger partial charge in [0, 0.05) is 55.9 Å². The Bertz CT molecular complexity index is 1160. The zero-order chi connectivity index (χ0) is 25.7. The van der Waals surface area contributed by atoms with Gasteiger partial charge in [0.25, 0.3) is 5.91 Å². The van der Waals surface area contributed by atoms with Crippen molar-refractivity contribution in [3.63, 3.8) is 0 Å². The van der Waals surface area contributed by atoms with Crippen LogP contribution in [-0.2, 0) is 12.7 Å². The number of aromatic nitrogens is 2. The Hall–Kier alpha value is -3.17. The number of rotatable bonds is 8. The average Bonchev–Trinajstić information content (AvgIpc) is 3.29. The van der Waals surface area contributed by atoms with Gasteiger partial charge < -0.3 is 14.8 Å². The molecule has 0 aliphatic carbocycles. The van der Waals surface area contributed by atoms with Gasteiger partial charge in [-0.3, -0.25) is 9.69 Å². The molecule has 0 unspecified atom stereocenters. The molecule has 192 valence electrons. The second-order valence-corrected chi connectivity index (χ2v) is 9.31. The van der Waals surface area contributed by atoms with Crippen molar-refractivity contribution >= 4 is 11.6 Å². The number of nitrogens with one attached hydrogen (secondary N) is 1. The average molecular weight is 500 g/mol. The highest BCUT2D eigenvalue weighted by Crippen LogP contribution is 2.33. The Morgan fingerprint density at radius 3 is 2.33 bits per heavy atom. The van der Waals surface area contributed by atoms with E-state index in [2.05, 4.69) is 27.0 Å². The number of alkyl halides is 3. The molecule has 2 aromatic carbocycles. The fourth-order valence-corrected chi connectivity index (χ4v) is 4.33. The molecule has 1 amide bonds. The van der Waals surface area contributed by atoms with Gasteiger partial charge in [0.2, 0.25) is 0 Å². The van der Waals surface area contributed by atoms with Crippen molar-refractivity contribution in [3.8, 4) is 5.69 Å². The van der Waals surface area contributed by atoms with Crippen molar-refractivity contribution in [2.24, 2.45) is 0 Å². The minimum absolute atomic E-state index is 0.0706. The van der Waals surface area contributed by atoms with E-state index in [1.54, 1.807) is 25.3 Å². The number of carbonyl (C=O) groups is 1. The quantitative estimate of drug-likeness (QED) is 0.453. The first-order chi connectivity index (χ1) is 17.2. The smallest absolute Gasteiger partial charge is 0.322 e. The van der Waals surface area contributed by atoms with Crippen molar-refractivity contribution < 1.29 is 18.0 Å². The van der Waals surface area contributed by atoms with Crippen LogP contribution in [0.15, 0.2) is 55.0 Å². The number of piperazine rings is 1. The van der Waals surface area contributed by atoms with Crippen LogP contribution >= 0.6 is 0 Å². The molecule has 2 heterocycles. The standard InChI is InChI=1S/C27H32F3N5O/c1-3-4-9-33-10-12-34(13-11-33)18-21-5-7-22(8-6-21)26(36)32-24-14-23(27(28,29)30)15-25(16-24)35-17-20(2)31-19-35/h5-8,14-17,19H,3-4,9-13,18H2,1-2H3,(H,32,36). The topological polar surface area (TPSA) is 53.4 Å². The van der Waals surface area contributed by atoms with Crippen molar-refractivity contribution in [3.05, 3.63) is 77.4 Å². The summed E-state index contributed by atoms with van der Waals surface area (Å²) in [5.74, 6) is -0.460. The molecule has 4 rings (SSSR count). The van der Waals surface area contributed by atoms with Gasteiger partial charge in [-0.25, -0.2) is 4.98 Å². The van der Waals surface area contributed by atoms with E-state index in [1.807, 2.05) is 12.1 Å². The number of imidazole rings is 1. The van der Waals surface area contributed by atoms with Gasteiger partial charge in [0.15, 0.2) is 0 Å².